The molecule has 470 valence electrons. The lowest BCUT2D eigenvalue weighted by molar-refractivity contribution is -0.379. The van der Waals surface area contributed by atoms with Gasteiger partial charge in [0.2, 0.25) is 6.29 Å². The molecule has 0 bridgehead atoms. The second kappa shape index (κ2) is 23.3. The van der Waals surface area contributed by atoms with Crippen molar-refractivity contribution < 1.29 is 124 Å². The van der Waals surface area contributed by atoms with E-state index in [1.807, 2.05) is 6.92 Å². The summed E-state index contributed by atoms with van der Waals surface area (Å²) in [6, 6.07) is 0. The molecule has 82 heavy (non-hydrogen) atoms. The summed E-state index contributed by atoms with van der Waals surface area (Å²) in [5.41, 5.74) is -1.86. The van der Waals surface area contributed by atoms with E-state index in [1.165, 1.54) is 12.5 Å². The van der Waals surface area contributed by atoms with E-state index in [0.29, 0.717) is 51.4 Å². The number of aliphatic hydroxyl groups is 14. The zero-order chi connectivity index (χ0) is 59.6. The zero-order valence-electron chi connectivity index (χ0n) is 47.9. The van der Waals surface area contributed by atoms with Gasteiger partial charge < -0.3 is 119 Å². The van der Waals surface area contributed by atoms with Crippen LogP contribution in [-0.2, 0) is 52.2 Å². The number of carbonyl (C=O) groups is 1. The van der Waals surface area contributed by atoms with Crippen molar-refractivity contribution in [3.05, 3.63) is 11.6 Å². The number of fused-ring (bicyclic) bond motifs is 7. The molecule has 5 aliphatic heterocycles. The number of ether oxygens (including phenoxy) is 10. The van der Waals surface area contributed by atoms with Crippen molar-refractivity contribution in [1.29, 1.82) is 0 Å². The van der Waals surface area contributed by atoms with E-state index in [1.54, 1.807) is 0 Å². The van der Waals surface area contributed by atoms with Crippen LogP contribution in [0.3, 0.4) is 0 Å². The third-order valence-electron chi connectivity index (χ3n) is 22.5. The van der Waals surface area contributed by atoms with Crippen molar-refractivity contribution in [1.82, 2.24) is 0 Å². The highest BCUT2D eigenvalue weighted by Crippen LogP contribution is 2.76. The fraction of sp³-hybridized carbons (Fsp3) is 0.947. The van der Waals surface area contributed by atoms with Gasteiger partial charge in [0.25, 0.3) is 0 Å². The molecule has 4 unspecified atom stereocenters. The van der Waals surface area contributed by atoms with E-state index in [9.17, 15) is 71.5 Å². The predicted molar refractivity (Wildman–Crippen MR) is 277 cm³/mol. The molecule has 10 rings (SSSR count). The molecule has 25 nitrogen and oxygen atoms in total. The zero-order valence-corrected chi connectivity index (χ0v) is 47.9. The molecule has 0 radical (unpaired) electrons. The summed E-state index contributed by atoms with van der Waals surface area (Å²) in [7, 11) is 0. The fourth-order valence-electron chi connectivity index (χ4n) is 17.1. The minimum absolute atomic E-state index is 0.0874. The fourth-order valence-corrected chi connectivity index (χ4v) is 17.1. The second-order valence-electron chi connectivity index (χ2n) is 27.6. The monoisotopic (exact) mass is 1180 g/mol. The molecule has 0 aromatic rings. The number of allylic oxidation sites excluding steroid dienone is 2. The molecular weight excluding hydrogens is 1080 g/mol. The molecule has 5 saturated heterocycles. The van der Waals surface area contributed by atoms with Crippen LogP contribution < -0.4 is 0 Å². The summed E-state index contributed by atoms with van der Waals surface area (Å²) < 4.78 is 59.4. The Morgan fingerprint density at radius 1 is 0.561 bits per heavy atom. The van der Waals surface area contributed by atoms with Crippen molar-refractivity contribution in [2.24, 2.45) is 50.2 Å². The molecule has 4 saturated carbocycles. The topological polar surface area (TPSA) is 393 Å². The molecule has 0 spiro atoms. The molecule has 9 fully saturated rings. The van der Waals surface area contributed by atoms with E-state index in [2.05, 4.69) is 40.7 Å². The molecule has 14 N–H and O–H groups in total. The molecule has 0 aromatic carbocycles. The largest absolute Gasteiger partial charge is 0.432 e. The van der Waals surface area contributed by atoms with Gasteiger partial charge in [-0.15, -0.1) is 0 Å². The van der Waals surface area contributed by atoms with Gasteiger partial charge in [-0.05, 0) is 111 Å². The molecule has 10 aliphatic rings. The number of carbonyl (C=O) groups excluding carboxylic acids is 1. The van der Waals surface area contributed by atoms with E-state index in [4.69, 9.17) is 47.4 Å². The van der Waals surface area contributed by atoms with Gasteiger partial charge in [-0.3, -0.25) is 4.79 Å². The van der Waals surface area contributed by atoms with Gasteiger partial charge in [-0.25, -0.2) is 0 Å². The van der Waals surface area contributed by atoms with Crippen molar-refractivity contribution in [3.8, 4) is 0 Å². The molecule has 31 atom stereocenters. The Morgan fingerprint density at radius 2 is 1.13 bits per heavy atom. The minimum Gasteiger partial charge on any atom is -0.432 e. The van der Waals surface area contributed by atoms with E-state index < -0.39 is 178 Å². The molecule has 0 amide bonds. The lowest BCUT2D eigenvalue weighted by Crippen LogP contribution is -2.67. The van der Waals surface area contributed by atoms with Gasteiger partial charge in [0.05, 0.1) is 50.7 Å². The third kappa shape index (κ3) is 10.5. The van der Waals surface area contributed by atoms with Crippen LogP contribution in [0.25, 0.3) is 0 Å². The van der Waals surface area contributed by atoms with Gasteiger partial charge in [-0.2, -0.15) is 0 Å². The number of hydrogen-bond donors (Lipinski definition) is 14. The van der Waals surface area contributed by atoms with Gasteiger partial charge in [0.1, 0.15) is 97.7 Å². The molecule has 5 heterocycles. The normalized spacial score (nSPS) is 55.0. The van der Waals surface area contributed by atoms with Gasteiger partial charge in [0.15, 0.2) is 25.2 Å². The summed E-state index contributed by atoms with van der Waals surface area (Å²) in [4.78, 5) is 15.1. The Hall–Kier alpha value is -1.71. The van der Waals surface area contributed by atoms with Crippen LogP contribution in [0.5, 0.6) is 0 Å². The lowest BCUT2D eigenvalue weighted by Gasteiger charge is -2.71. The smallest absolute Gasteiger partial charge is 0.315 e. The average Bonchev–Trinajstić information content (AvgIpc) is 2.21. The first kappa shape index (κ1) is 63.3. The summed E-state index contributed by atoms with van der Waals surface area (Å²) in [6.45, 7) is 12.8. The summed E-state index contributed by atoms with van der Waals surface area (Å²) in [5, 5.41) is 151. The highest BCUT2D eigenvalue weighted by Gasteiger charge is 2.71. The molecule has 5 aliphatic carbocycles. The maximum atomic E-state index is 15.1. The quantitative estimate of drug-likeness (QED) is 0.0555. The van der Waals surface area contributed by atoms with E-state index in [0.717, 1.165) is 12.8 Å². The van der Waals surface area contributed by atoms with Crippen LogP contribution in [-0.4, -0.2) is 252 Å². The molecule has 0 aromatic heterocycles. The van der Waals surface area contributed by atoms with Crippen LogP contribution in [0.15, 0.2) is 11.6 Å². The van der Waals surface area contributed by atoms with Crippen molar-refractivity contribution in [3.63, 3.8) is 0 Å². The lowest BCUT2D eigenvalue weighted by atomic mass is 9.33. The summed E-state index contributed by atoms with van der Waals surface area (Å²) in [6.07, 6.45) is -26.1. The third-order valence-corrected chi connectivity index (χ3v) is 22.5. The minimum atomic E-state index is -1.84. The summed E-state index contributed by atoms with van der Waals surface area (Å²) >= 11 is 0. The first-order valence-electron chi connectivity index (χ1n) is 29.6. The number of aliphatic hydroxyl groups excluding tert-OH is 14. The number of hydrogen-bond acceptors (Lipinski definition) is 25. The Labute approximate surface area is 477 Å². The van der Waals surface area contributed by atoms with Gasteiger partial charge in [0, 0.05) is 5.41 Å². The Kier molecular flexibility index (Phi) is 18.0. The van der Waals surface area contributed by atoms with Crippen molar-refractivity contribution >= 4 is 5.97 Å². The first-order valence-corrected chi connectivity index (χ1v) is 29.6. The molecular formula is C57H92O25. The highest BCUT2D eigenvalue weighted by atomic mass is 16.8. The average molecular weight is 1180 g/mol. The SMILES string of the molecule is CC1O[C@@H](O[C@H]2[C@H](O[C@H]3CC[C@@]4(C)C(CC[C@]5(C)C4CC=C4C6CC(C)(C)CC[C@]6(C(=O)O[C@H]6O[C@H](CO)[C@@H](O[C@@H]7OC[C@@H](O)[C@H](O)[C@H]7O)[C@H](O)[C@H]6O)CC[C@]45C)[C@]3(C)CO)OC[C@H](O)[C@@H]2O)[C@H](O)[C@H](O[C@@H]2OC[C@@H](O)[C@H](O)[C@H]2O)[C@H]1O. The maximum absolute atomic E-state index is 15.1. The van der Waals surface area contributed by atoms with Crippen LogP contribution in [0.1, 0.15) is 113 Å². The van der Waals surface area contributed by atoms with E-state index >= 15 is 4.79 Å². The first-order chi connectivity index (χ1) is 38.5. The van der Waals surface area contributed by atoms with Gasteiger partial charge >= 0.3 is 5.97 Å². The second-order valence-corrected chi connectivity index (χ2v) is 27.6. The van der Waals surface area contributed by atoms with Crippen LogP contribution in [0, 0.1) is 50.2 Å². The highest BCUT2D eigenvalue weighted by molar-refractivity contribution is 5.79. The van der Waals surface area contributed by atoms with Crippen LogP contribution in [0.2, 0.25) is 0 Å². The number of rotatable bonds is 12. The van der Waals surface area contributed by atoms with Gasteiger partial charge in [-0.1, -0.05) is 53.2 Å². The van der Waals surface area contributed by atoms with Crippen molar-refractivity contribution in [2.45, 2.75) is 254 Å². The Morgan fingerprint density at radius 3 is 1.76 bits per heavy atom. The number of esters is 1. The van der Waals surface area contributed by atoms with Crippen LogP contribution in [0.4, 0.5) is 0 Å². The Bertz CT molecular complexity index is 2280. The standard InChI is InChI=1S/C57H92O25/c1-24-34(63)44(80-47-40(69)36(65)28(61)21-74-47)42(71)49(76-24)81-45-37(66)29(62)22-75-50(45)78-33-11-12-53(4)31(54(33,5)23-59)10-13-56(7)32(53)9-8-25-26-18-52(2,3)14-16-57(26,17-15-55(25,56)6)51(72)82-48-41(70)38(67)43(30(19-58)77-48)79-46-39(68)35(64)27(60)20-73-46/h8,24,26-50,58-71H,9-23H2,1-7H3/t24?,26?,27-,28-,29+,30-,31?,32?,33+,34+,35+,36+,37+,38-,39-,40-,41-,42-,43-,44-,45-,46+,47+,48-,49+,50+,53+,54+,55-,56-,57+/m1/s1. The van der Waals surface area contributed by atoms with Crippen LogP contribution >= 0.6 is 0 Å². The summed E-state index contributed by atoms with van der Waals surface area (Å²) in [5.74, 6) is -0.803. The van der Waals surface area contributed by atoms with E-state index in [-0.39, 0.29) is 52.6 Å². The van der Waals surface area contributed by atoms with Crippen molar-refractivity contribution in [2.75, 3.05) is 33.0 Å². The Balaban J connectivity index is 0.854. The molecule has 25 heteroatoms. The maximum Gasteiger partial charge on any atom is 0.315 e. The predicted octanol–water partition coefficient (Wildman–Crippen LogP) is -2.29.